The van der Waals surface area contributed by atoms with Crippen LogP contribution in [0.2, 0.25) is 0 Å². The summed E-state index contributed by atoms with van der Waals surface area (Å²) in [6, 6.07) is 100. The molecular formula is C86H56N6. The van der Waals surface area contributed by atoms with E-state index in [9.17, 15) is 0 Å². The molecule has 6 heteroatoms. The van der Waals surface area contributed by atoms with E-state index in [0.29, 0.717) is 5.82 Å². The highest BCUT2D eigenvalue weighted by molar-refractivity contribution is 6.22. The molecule has 5 aromatic heterocycles. The van der Waals surface area contributed by atoms with E-state index in [-0.39, 0.29) is 0 Å². The van der Waals surface area contributed by atoms with E-state index < -0.39 is 0 Å². The third-order valence-corrected chi connectivity index (χ3v) is 20.0. The number of benzene rings is 12. The maximum absolute atomic E-state index is 5.72. The zero-order chi connectivity index (χ0) is 60.1. The standard InChI is InChI=1S/C86H56N6/c1-4-24-53(25-5-1)84-83-67-50-51-73(92-72-45-17-13-35-66(72)82-61(39-23-49-77(82)92)60-37-21-47-75-80(60)64-33-11-15-43-70(64)90(75)56-29-8-3-9-30-56)62-40-19-41-68(78(62)67)85(83)88-86(87-84)54-26-18-31-57(52-54)91-71-44-16-12-34-65(71)81-59(38-22-48-76(81)91)58-36-20-46-74-79(58)63-32-10-14-42-69(63)89(74)55-27-6-2-7-28-55/h1-9,11-22,24-31,33-48,50-52H,10,23,32,49H2. The second-order valence-corrected chi connectivity index (χ2v) is 24.8. The molecule has 17 aromatic rings. The number of aromatic nitrogens is 6. The van der Waals surface area contributed by atoms with Gasteiger partial charge in [0.15, 0.2) is 5.82 Å². The Labute approximate surface area is 530 Å². The Morgan fingerprint density at radius 2 is 0.837 bits per heavy atom. The van der Waals surface area contributed by atoms with Gasteiger partial charge >= 0.3 is 0 Å². The minimum absolute atomic E-state index is 0.691. The molecule has 3 aliphatic carbocycles. The molecule has 0 fully saturated rings. The molecule has 5 heterocycles. The predicted octanol–water partition coefficient (Wildman–Crippen LogP) is 21.7. The Bertz CT molecular complexity index is 6050. The van der Waals surface area contributed by atoms with Crippen LogP contribution in [0.3, 0.4) is 0 Å². The van der Waals surface area contributed by atoms with Crippen molar-refractivity contribution in [1.82, 2.24) is 28.2 Å². The first-order valence-corrected chi connectivity index (χ1v) is 32.2. The van der Waals surface area contributed by atoms with Gasteiger partial charge in [0.25, 0.3) is 0 Å². The van der Waals surface area contributed by atoms with Crippen LogP contribution in [0.5, 0.6) is 0 Å². The molecule has 430 valence electrons. The van der Waals surface area contributed by atoms with E-state index in [1.807, 2.05) is 0 Å². The number of para-hydroxylation sites is 5. The van der Waals surface area contributed by atoms with Crippen molar-refractivity contribution in [2.45, 2.75) is 25.7 Å². The molecule has 3 aliphatic rings. The van der Waals surface area contributed by atoms with E-state index >= 15 is 0 Å². The largest absolute Gasteiger partial charge is 0.312 e. The highest BCUT2D eigenvalue weighted by atomic mass is 15.0. The molecule has 0 atom stereocenters. The fourth-order valence-electron chi connectivity index (χ4n) is 16.4. The lowest BCUT2D eigenvalue weighted by Gasteiger charge is -2.20. The molecule has 0 bridgehead atoms. The molecule has 0 radical (unpaired) electrons. The number of allylic oxidation sites excluding steroid dienone is 2. The van der Waals surface area contributed by atoms with E-state index in [0.717, 1.165) is 87.3 Å². The zero-order valence-electron chi connectivity index (χ0n) is 50.2. The average molecular weight is 1170 g/mol. The summed E-state index contributed by atoms with van der Waals surface area (Å²) in [7, 11) is 0. The number of nitrogens with zero attached hydrogens (tertiary/aromatic N) is 6. The van der Waals surface area contributed by atoms with Gasteiger partial charge in [-0.25, -0.2) is 9.97 Å². The molecule has 20 rings (SSSR count). The molecule has 0 amide bonds. The van der Waals surface area contributed by atoms with Crippen molar-refractivity contribution in [3.05, 3.63) is 313 Å². The summed E-state index contributed by atoms with van der Waals surface area (Å²) >= 11 is 0. The minimum Gasteiger partial charge on any atom is -0.312 e. The van der Waals surface area contributed by atoms with Crippen LogP contribution >= 0.6 is 0 Å². The van der Waals surface area contributed by atoms with E-state index in [1.165, 1.54) is 121 Å². The molecule has 92 heavy (non-hydrogen) atoms. The lowest BCUT2D eigenvalue weighted by Crippen LogP contribution is -2.06. The lowest BCUT2D eigenvalue weighted by molar-refractivity contribution is 0.887. The summed E-state index contributed by atoms with van der Waals surface area (Å²) in [4.78, 5) is 11.4. The fourth-order valence-corrected chi connectivity index (χ4v) is 16.4. The Hall–Kier alpha value is -11.9. The van der Waals surface area contributed by atoms with Crippen LogP contribution in [-0.4, -0.2) is 28.2 Å². The van der Waals surface area contributed by atoms with Crippen LogP contribution < -0.4 is 0 Å². The van der Waals surface area contributed by atoms with Crippen molar-refractivity contribution in [1.29, 1.82) is 0 Å². The maximum atomic E-state index is 5.72. The number of aryl methyl sites for hydroxylation is 1. The summed E-state index contributed by atoms with van der Waals surface area (Å²) in [5.41, 5.74) is 29.4. The van der Waals surface area contributed by atoms with Gasteiger partial charge in [-0.2, -0.15) is 0 Å². The van der Waals surface area contributed by atoms with Crippen LogP contribution in [0.25, 0.3) is 167 Å². The van der Waals surface area contributed by atoms with E-state index in [2.05, 4.69) is 309 Å². The average Bonchev–Trinajstić information content (AvgIpc) is 1.57. The van der Waals surface area contributed by atoms with Crippen molar-refractivity contribution in [2.75, 3.05) is 0 Å². The second kappa shape index (κ2) is 19.8. The third kappa shape index (κ3) is 7.26. The fraction of sp³-hybridized carbons (Fsp3) is 0.0465. The molecule has 0 aliphatic heterocycles. The van der Waals surface area contributed by atoms with Crippen molar-refractivity contribution >= 4 is 87.8 Å². The molecule has 0 saturated carbocycles. The summed E-state index contributed by atoms with van der Waals surface area (Å²) in [6.45, 7) is 0. The topological polar surface area (TPSA) is 45.5 Å². The molecule has 0 saturated heterocycles. The summed E-state index contributed by atoms with van der Waals surface area (Å²) in [6.07, 6.45) is 11.0. The SMILES string of the molecule is C1=Cc2c(c3c(-c4cccc5c4c4ccccc4n5-c4cccc(-c5nc(-c6ccccc6)c6c(n5)-c5cccc7c(-n8c9c(c%10ccccc%108)C(c8cccc%10c8c8ccccc8n%10-c8ccccc8)=CCC9)ccc-6c57)c4)cccc3n2-c2ccccc2)CC1. The molecule has 12 aromatic carbocycles. The molecular weight excluding hydrogens is 1120 g/mol. The Kier molecular flexibility index (Phi) is 11.0. The highest BCUT2D eigenvalue weighted by Crippen LogP contribution is 2.54. The molecule has 0 unspecified atom stereocenters. The maximum Gasteiger partial charge on any atom is 0.160 e. The van der Waals surface area contributed by atoms with Crippen LogP contribution in [0, 0.1) is 0 Å². The van der Waals surface area contributed by atoms with Crippen molar-refractivity contribution < 1.29 is 0 Å². The first-order valence-electron chi connectivity index (χ1n) is 32.2. The number of hydrogen-bond donors (Lipinski definition) is 0. The van der Waals surface area contributed by atoms with Gasteiger partial charge in [-0.3, -0.25) is 0 Å². The summed E-state index contributed by atoms with van der Waals surface area (Å²) < 4.78 is 9.92. The van der Waals surface area contributed by atoms with E-state index in [4.69, 9.17) is 9.97 Å². The van der Waals surface area contributed by atoms with Gasteiger partial charge in [-0.05, 0) is 144 Å². The van der Waals surface area contributed by atoms with Crippen LogP contribution in [0.15, 0.2) is 285 Å². The summed E-state index contributed by atoms with van der Waals surface area (Å²) in [5.74, 6) is 0.691. The van der Waals surface area contributed by atoms with Crippen LogP contribution in [0.1, 0.15) is 40.9 Å². The van der Waals surface area contributed by atoms with Gasteiger partial charge < -0.3 is 18.3 Å². The van der Waals surface area contributed by atoms with E-state index in [1.54, 1.807) is 0 Å². The smallest absolute Gasteiger partial charge is 0.160 e. The normalized spacial score (nSPS) is 13.3. The van der Waals surface area contributed by atoms with Crippen molar-refractivity contribution in [2.24, 2.45) is 0 Å². The van der Waals surface area contributed by atoms with Gasteiger partial charge in [0.05, 0.1) is 50.2 Å². The number of fused-ring (bicyclic) bond motifs is 15. The molecule has 0 spiro atoms. The quantitative estimate of drug-likeness (QED) is 0.152. The van der Waals surface area contributed by atoms with Gasteiger partial charge in [0.2, 0.25) is 0 Å². The zero-order valence-corrected chi connectivity index (χ0v) is 50.2. The van der Waals surface area contributed by atoms with Crippen LogP contribution in [0.4, 0.5) is 0 Å². The second-order valence-electron chi connectivity index (χ2n) is 24.8. The predicted molar refractivity (Wildman–Crippen MR) is 382 cm³/mol. The monoisotopic (exact) mass is 1170 g/mol. The lowest BCUT2D eigenvalue weighted by atomic mass is 9.87. The van der Waals surface area contributed by atoms with Crippen molar-refractivity contribution in [3.63, 3.8) is 0 Å². The van der Waals surface area contributed by atoms with Gasteiger partial charge in [-0.1, -0.05) is 206 Å². The van der Waals surface area contributed by atoms with Gasteiger partial charge in [0, 0.05) is 99.4 Å². The Morgan fingerprint density at radius 3 is 1.57 bits per heavy atom. The van der Waals surface area contributed by atoms with Gasteiger partial charge in [-0.15, -0.1) is 0 Å². The Balaban J connectivity index is 0.740. The van der Waals surface area contributed by atoms with Crippen molar-refractivity contribution in [3.8, 4) is 78.9 Å². The molecule has 6 nitrogen and oxygen atoms in total. The highest BCUT2D eigenvalue weighted by Gasteiger charge is 2.33. The Morgan fingerprint density at radius 1 is 0.315 bits per heavy atom. The van der Waals surface area contributed by atoms with Crippen LogP contribution in [-0.2, 0) is 12.8 Å². The number of hydrogen-bond acceptors (Lipinski definition) is 2. The first kappa shape index (κ1) is 51.1. The van der Waals surface area contributed by atoms with Gasteiger partial charge in [0.1, 0.15) is 0 Å². The first-order chi connectivity index (χ1) is 45.7. The summed E-state index contributed by atoms with van der Waals surface area (Å²) in [5, 5.41) is 9.99. The molecule has 0 N–H and O–H groups in total. The minimum atomic E-state index is 0.691. The third-order valence-electron chi connectivity index (χ3n) is 20.0. The number of rotatable bonds is 8.